The second kappa shape index (κ2) is 7.91. The fourth-order valence-corrected chi connectivity index (χ4v) is 1.28. The Bertz CT molecular complexity index is 159. The van der Waals surface area contributed by atoms with Crippen molar-refractivity contribution < 1.29 is 15.0 Å². The first kappa shape index (κ1) is 13.5. The van der Waals surface area contributed by atoms with Gasteiger partial charge in [-0.1, -0.05) is 32.6 Å². The summed E-state index contributed by atoms with van der Waals surface area (Å²) in [5.41, 5.74) is 5.58. The van der Waals surface area contributed by atoms with Crippen molar-refractivity contribution in [1.29, 1.82) is 0 Å². The number of aliphatic hydroxyl groups excluding tert-OH is 1. The SMILES string of the molecule is CCCCCCC(N)C(=O)CC(O)O. The molecular weight excluding hydrogens is 182 g/mol. The van der Waals surface area contributed by atoms with E-state index in [0.29, 0.717) is 6.42 Å². The highest BCUT2D eigenvalue weighted by Crippen LogP contribution is 2.06. The van der Waals surface area contributed by atoms with Gasteiger partial charge in [-0.05, 0) is 6.42 Å². The van der Waals surface area contributed by atoms with Gasteiger partial charge in [0, 0.05) is 0 Å². The number of Topliss-reactive ketones (excluding diaryl/α,β-unsaturated/α-hetero) is 1. The number of aliphatic hydroxyl groups is 2. The van der Waals surface area contributed by atoms with Crippen molar-refractivity contribution in [1.82, 2.24) is 0 Å². The van der Waals surface area contributed by atoms with E-state index in [9.17, 15) is 4.79 Å². The molecule has 4 N–H and O–H groups in total. The standard InChI is InChI=1S/C10H21NO3/c1-2-3-4-5-6-8(11)9(12)7-10(13)14/h8,10,13-14H,2-7,11H2,1H3. The molecule has 0 aliphatic carbocycles. The first-order valence-electron chi connectivity index (χ1n) is 5.22. The van der Waals surface area contributed by atoms with Crippen molar-refractivity contribution in [3.8, 4) is 0 Å². The number of hydrogen-bond acceptors (Lipinski definition) is 4. The Morgan fingerprint density at radius 3 is 2.43 bits per heavy atom. The van der Waals surface area contributed by atoms with Gasteiger partial charge >= 0.3 is 0 Å². The summed E-state index contributed by atoms with van der Waals surface area (Å²) in [4.78, 5) is 11.2. The Kier molecular flexibility index (Phi) is 7.65. The van der Waals surface area contributed by atoms with Crippen LogP contribution in [0.5, 0.6) is 0 Å². The van der Waals surface area contributed by atoms with Crippen molar-refractivity contribution in [2.24, 2.45) is 5.73 Å². The van der Waals surface area contributed by atoms with E-state index in [0.717, 1.165) is 25.7 Å². The lowest BCUT2D eigenvalue weighted by Crippen LogP contribution is -2.32. The second-order valence-corrected chi connectivity index (χ2v) is 3.61. The van der Waals surface area contributed by atoms with Gasteiger partial charge in [0.2, 0.25) is 0 Å². The minimum absolute atomic E-state index is 0.255. The van der Waals surface area contributed by atoms with Gasteiger partial charge in [0.1, 0.15) is 0 Å². The van der Waals surface area contributed by atoms with Crippen LogP contribution < -0.4 is 5.73 Å². The van der Waals surface area contributed by atoms with E-state index in [1.54, 1.807) is 0 Å². The molecule has 0 rings (SSSR count). The van der Waals surface area contributed by atoms with Gasteiger partial charge < -0.3 is 15.9 Å². The van der Waals surface area contributed by atoms with E-state index in [2.05, 4.69) is 6.92 Å². The third-order valence-corrected chi connectivity index (χ3v) is 2.17. The number of ketones is 1. The van der Waals surface area contributed by atoms with Crippen molar-refractivity contribution in [3.63, 3.8) is 0 Å². The molecule has 0 radical (unpaired) electrons. The van der Waals surface area contributed by atoms with Gasteiger partial charge in [0.25, 0.3) is 0 Å². The average molecular weight is 203 g/mol. The Morgan fingerprint density at radius 2 is 1.93 bits per heavy atom. The zero-order valence-electron chi connectivity index (χ0n) is 8.78. The van der Waals surface area contributed by atoms with E-state index in [1.165, 1.54) is 0 Å². The molecule has 0 aromatic heterocycles. The van der Waals surface area contributed by atoms with Gasteiger partial charge in [-0.25, -0.2) is 0 Å². The molecule has 0 saturated heterocycles. The lowest BCUT2D eigenvalue weighted by molar-refractivity contribution is -0.128. The van der Waals surface area contributed by atoms with Crippen LogP contribution in [-0.4, -0.2) is 28.3 Å². The maximum atomic E-state index is 11.2. The van der Waals surface area contributed by atoms with Crippen LogP contribution in [-0.2, 0) is 4.79 Å². The molecule has 0 amide bonds. The fraction of sp³-hybridized carbons (Fsp3) is 0.900. The van der Waals surface area contributed by atoms with Crippen LogP contribution in [0.15, 0.2) is 0 Å². The topological polar surface area (TPSA) is 83.6 Å². The number of rotatable bonds is 8. The molecule has 0 aromatic carbocycles. The Labute approximate surface area is 85.1 Å². The molecule has 0 aromatic rings. The molecular formula is C10H21NO3. The molecule has 14 heavy (non-hydrogen) atoms. The third kappa shape index (κ3) is 7.00. The van der Waals surface area contributed by atoms with Crippen LogP contribution in [0.25, 0.3) is 0 Å². The largest absolute Gasteiger partial charge is 0.368 e. The van der Waals surface area contributed by atoms with Crippen LogP contribution in [0.1, 0.15) is 45.4 Å². The molecule has 0 aliphatic heterocycles. The highest BCUT2D eigenvalue weighted by atomic mass is 16.5. The third-order valence-electron chi connectivity index (χ3n) is 2.17. The first-order valence-corrected chi connectivity index (χ1v) is 5.22. The van der Waals surface area contributed by atoms with E-state index >= 15 is 0 Å². The van der Waals surface area contributed by atoms with Gasteiger partial charge in [-0.2, -0.15) is 0 Å². The maximum absolute atomic E-state index is 11.2. The summed E-state index contributed by atoms with van der Waals surface area (Å²) in [6.45, 7) is 2.12. The van der Waals surface area contributed by atoms with Gasteiger partial charge in [0.15, 0.2) is 12.1 Å². The zero-order chi connectivity index (χ0) is 11.0. The van der Waals surface area contributed by atoms with Gasteiger partial charge in [-0.3, -0.25) is 4.79 Å². The Balaban J connectivity index is 3.52. The number of carbonyl (C=O) groups is 1. The van der Waals surface area contributed by atoms with E-state index in [-0.39, 0.29) is 12.2 Å². The summed E-state index contributed by atoms with van der Waals surface area (Å²) in [6, 6.07) is -0.534. The van der Waals surface area contributed by atoms with E-state index in [4.69, 9.17) is 15.9 Å². The normalized spacial score (nSPS) is 13.2. The number of nitrogens with two attached hydrogens (primary N) is 1. The average Bonchev–Trinajstić information content (AvgIpc) is 2.11. The monoisotopic (exact) mass is 203 g/mol. The summed E-state index contributed by atoms with van der Waals surface area (Å²) < 4.78 is 0. The number of hydrogen-bond donors (Lipinski definition) is 3. The zero-order valence-corrected chi connectivity index (χ0v) is 8.78. The molecule has 0 heterocycles. The summed E-state index contributed by atoms with van der Waals surface area (Å²) in [7, 11) is 0. The number of unbranched alkanes of at least 4 members (excludes halogenated alkanes) is 3. The molecule has 0 saturated carbocycles. The molecule has 4 heteroatoms. The molecule has 4 nitrogen and oxygen atoms in total. The van der Waals surface area contributed by atoms with Gasteiger partial charge in [0.05, 0.1) is 12.5 Å². The van der Waals surface area contributed by atoms with Crippen LogP contribution >= 0.6 is 0 Å². The highest BCUT2D eigenvalue weighted by Gasteiger charge is 2.15. The van der Waals surface area contributed by atoms with Crippen LogP contribution in [0.4, 0.5) is 0 Å². The molecule has 0 aliphatic rings. The highest BCUT2D eigenvalue weighted by molar-refractivity contribution is 5.83. The van der Waals surface area contributed by atoms with Crippen molar-refractivity contribution in [2.75, 3.05) is 0 Å². The van der Waals surface area contributed by atoms with Gasteiger partial charge in [-0.15, -0.1) is 0 Å². The second-order valence-electron chi connectivity index (χ2n) is 3.61. The smallest absolute Gasteiger partial charge is 0.158 e. The van der Waals surface area contributed by atoms with Crippen molar-refractivity contribution in [3.05, 3.63) is 0 Å². The predicted octanol–water partition coefficient (Wildman–Crippen LogP) is 0.554. The first-order chi connectivity index (χ1) is 6.57. The summed E-state index contributed by atoms with van der Waals surface area (Å²) in [5.74, 6) is -0.267. The fourth-order valence-electron chi connectivity index (χ4n) is 1.28. The Morgan fingerprint density at radius 1 is 1.29 bits per heavy atom. The minimum atomic E-state index is -1.57. The molecule has 1 atom stereocenters. The van der Waals surface area contributed by atoms with Crippen LogP contribution in [0.2, 0.25) is 0 Å². The summed E-state index contributed by atoms with van der Waals surface area (Å²) >= 11 is 0. The number of carbonyl (C=O) groups excluding carboxylic acids is 1. The molecule has 84 valence electrons. The quantitative estimate of drug-likeness (QED) is 0.397. The Hall–Kier alpha value is -0.450. The predicted molar refractivity (Wildman–Crippen MR) is 54.6 cm³/mol. The lowest BCUT2D eigenvalue weighted by atomic mass is 10.0. The minimum Gasteiger partial charge on any atom is -0.368 e. The van der Waals surface area contributed by atoms with Crippen molar-refractivity contribution >= 4 is 5.78 Å². The lowest BCUT2D eigenvalue weighted by Gasteiger charge is -2.10. The summed E-state index contributed by atoms with van der Waals surface area (Å²) in [6.07, 6.45) is 3.15. The van der Waals surface area contributed by atoms with Crippen molar-refractivity contribution in [2.45, 2.75) is 57.8 Å². The molecule has 1 unspecified atom stereocenters. The van der Waals surface area contributed by atoms with Crippen LogP contribution in [0.3, 0.4) is 0 Å². The van der Waals surface area contributed by atoms with E-state index in [1.807, 2.05) is 0 Å². The maximum Gasteiger partial charge on any atom is 0.158 e. The molecule has 0 spiro atoms. The van der Waals surface area contributed by atoms with Crippen LogP contribution in [0, 0.1) is 0 Å². The van der Waals surface area contributed by atoms with E-state index < -0.39 is 12.3 Å². The summed E-state index contributed by atoms with van der Waals surface area (Å²) in [5, 5.41) is 17.1. The molecule has 0 fully saturated rings. The molecule has 0 bridgehead atoms.